The van der Waals surface area contributed by atoms with Crippen molar-refractivity contribution in [2.24, 2.45) is 0 Å². The summed E-state index contributed by atoms with van der Waals surface area (Å²) in [7, 11) is 1.52. The van der Waals surface area contributed by atoms with Crippen molar-refractivity contribution in [1.82, 2.24) is 4.90 Å². The summed E-state index contributed by atoms with van der Waals surface area (Å²) in [5.74, 6) is -1.06. The summed E-state index contributed by atoms with van der Waals surface area (Å²) in [6.45, 7) is 0.987. The number of nitrogens with one attached hydrogen (secondary N) is 1. The van der Waals surface area contributed by atoms with Crippen molar-refractivity contribution < 1.29 is 19.4 Å². The molecule has 0 heterocycles. The van der Waals surface area contributed by atoms with Gasteiger partial charge in [-0.1, -0.05) is 6.07 Å². The Bertz CT molecular complexity index is 539. The number of hydrogen-bond acceptors (Lipinski definition) is 4. The van der Waals surface area contributed by atoms with Gasteiger partial charge in [0.05, 0.1) is 24.7 Å². The largest absolute Gasteiger partial charge is 0.478 e. The molecule has 21 heavy (non-hydrogen) atoms. The summed E-state index contributed by atoms with van der Waals surface area (Å²) in [5, 5.41) is 20.1. The van der Waals surface area contributed by atoms with E-state index in [2.05, 4.69) is 5.32 Å². The van der Waals surface area contributed by atoms with Gasteiger partial charge in [0.15, 0.2) is 0 Å². The maximum Gasteiger partial charge on any atom is 0.335 e. The first-order chi connectivity index (χ1) is 10.1. The molecule has 7 heteroatoms. The van der Waals surface area contributed by atoms with E-state index in [1.165, 1.54) is 24.1 Å². The number of carboxylic acid groups (broad SMARTS) is 1. The van der Waals surface area contributed by atoms with Crippen LogP contribution in [0.2, 0.25) is 0 Å². The van der Waals surface area contributed by atoms with Crippen LogP contribution >= 0.6 is 0 Å². The molecule has 0 aliphatic heterocycles. The first kappa shape index (κ1) is 16.5. The van der Waals surface area contributed by atoms with Gasteiger partial charge < -0.3 is 20.1 Å². The molecule has 0 aliphatic carbocycles. The number of anilines is 1. The average molecular weight is 291 g/mol. The highest BCUT2D eigenvalue weighted by Crippen LogP contribution is 2.11. The highest BCUT2D eigenvalue weighted by molar-refractivity contribution is 5.93. The predicted octanol–water partition coefficient (Wildman–Crippen LogP) is 1.78. The lowest BCUT2D eigenvalue weighted by Crippen LogP contribution is -2.38. The summed E-state index contributed by atoms with van der Waals surface area (Å²) in [6.07, 6.45) is 0.215. The predicted molar refractivity (Wildman–Crippen MR) is 76.1 cm³/mol. The van der Waals surface area contributed by atoms with Crippen molar-refractivity contribution in [1.29, 1.82) is 5.26 Å². The van der Waals surface area contributed by atoms with E-state index in [0.29, 0.717) is 18.8 Å². The normalized spacial score (nSPS) is 9.71. The number of amides is 2. The number of carbonyl (C=O) groups is 2. The van der Waals surface area contributed by atoms with Gasteiger partial charge in [0, 0.05) is 25.9 Å². The summed E-state index contributed by atoms with van der Waals surface area (Å²) in [4.78, 5) is 24.4. The fourth-order valence-electron chi connectivity index (χ4n) is 1.63. The van der Waals surface area contributed by atoms with Crippen LogP contribution in [0.4, 0.5) is 10.5 Å². The van der Waals surface area contributed by atoms with Crippen LogP contribution in [-0.2, 0) is 4.74 Å². The zero-order chi connectivity index (χ0) is 15.7. The number of carboxylic acids is 1. The molecule has 1 aromatic carbocycles. The topological polar surface area (TPSA) is 103 Å². The Labute approximate surface area is 122 Å². The minimum atomic E-state index is -1.06. The van der Waals surface area contributed by atoms with Crippen LogP contribution < -0.4 is 5.32 Å². The van der Waals surface area contributed by atoms with Crippen LogP contribution in [0, 0.1) is 11.3 Å². The quantitative estimate of drug-likeness (QED) is 0.797. The number of nitrogens with zero attached hydrogens (tertiary/aromatic N) is 2. The summed E-state index contributed by atoms with van der Waals surface area (Å²) < 4.78 is 4.92. The van der Waals surface area contributed by atoms with Gasteiger partial charge in [-0.25, -0.2) is 9.59 Å². The minimum absolute atomic E-state index is 0.0910. The average Bonchev–Trinajstić information content (AvgIpc) is 2.47. The number of benzene rings is 1. The molecule has 2 N–H and O–H groups in total. The number of methoxy groups -OCH3 is 1. The second-order valence-electron chi connectivity index (χ2n) is 4.20. The smallest absolute Gasteiger partial charge is 0.335 e. The van der Waals surface area contributed by atoms with Crippen molar-refractivity contribution in [3.8, 4) is 6.07 Å². The molecular formula is C14H17N3O4. The van der Waals surface area contributed by atoms with Crippen LogP contribution in [0.25, 0.3) is 0 Å². The Balaban J connectivity index is 2.73. The first-order valence-corrected chi connectivity index (χ1v) is 6.33. The molecule has 0 fully saturated rings. The number of rotatable bonds is 7. The van der Waals surface area contributed by atoms with Gasteiger partial charge in [-0.15, -0.1) is 0 Å². The molecule has 0 bridgehead atoms. The Hall–Kier alpha value is -2.59. The zero-order valence-electron chi connectivity index (χ0n) is 11.7. The van der Waals surface area contributed by atoms with Gasteiger partial charge in [0.1, 0.15) is 0 Å². The monoisotopic (exact) mass is 291 g/mol. The Morgan fingerprint density at radius 2 is 2.19 bits per heavy atom. The van der Waals surface area contributed by atoms with E-state index in [1.807, 2.05) is 6.07 Å². The third kappa shape index (κ3) is 5.50. The standard InChI is InChI=1S/C14H17N3O4/c1-21-9-8-17(7-3-6-15)14(20)16-12-5-2-4-11(10-12)13(18)19/h2,4-5,10H,3,7-9H2,1H3,(H,16,20)(H,18,19). The summed E-state index contributed by atoms with van der Waals surface area (Å²) in [5.41, 5.74) is 0.479. The SMILES string of the molecule is COCCN(CCC#N)C(=O)Nc1cccc(C(=O)O)c1. The lowest BCUT2D eigenvalue weighted by molar-refractivity contribution is 0.0697. The fourth-order valence-corrected chi connectivity index (χ4v) is 1.63. The number of aromatic carboxylic acids is 1. The van der Waals surface area contributed by atoms with E-state index >= 15 is 0 Å². The molecule has 1 rings (SSSR count). The van der Waals surface area contributed by atoms with Crippen LogP contribution in [0.3, 0.4) is 0 Å². The second kappa shape index (κ2) is 8.55. The van der Waals surface area contributed by atoms with Gasteiger partial charge in [-0.05, 0) is 18.2 Å². The molecule has 0 saturated carbocycles. The van der Waals surface area contributed by atoms with E-state index in [4.69, 9.17) is 15.1 Å². The van der Waals surface area contributed by atoms with Crippen LogP contribution in [0.5, 0.6) is 0 Å². The fraction of sp³-hybridized carbons (Fsp3) is 0.357. The molecule has 0 radical (unpaired) electrons. The third-order valence-electron chi connectivity index (χ3n) is 2.71. The van der Waals surface area contributed by atoms with E-state index in [9.17, 15) is 9.59 Å². The maximum atomic E-state index is 12.1. The van der Waals surface area contributed by atoms with Gasteiger partial charge in [-0.3, -0.25) is 0 Å². The zero-order valence-corrected chi connectivity index (χ0v) is 11.7. The number of urea groups is 1. The maximum absolute atomic E-state index is 12.1. The van der Waals surface area contributed by atoms with Crippen molar-refractivity contribution in [3.63, 3.8) is 0 Å². The van der Waals surface area contributed by atoms with Crippen molar-refractivity contribution in [3.05, 3.63) is 29.8 Å². The Morgan fingerprint density at radius 3 is 2.81 bits per heavy atom. The summed E-state index contributed by atoms with van der Waals surface area (Å²) >= 11 is 0. The lowest BCUT2D eigenvalue weighted by atomic mass is 10.2. The molecule has 0 spiro atoms. The van der Waals surface area contributed by atoms with Crippen LogP contribution in [-0.4, -0.2) is 48.8 Å². The molecule has 2 amide bonds. The van der Waals surface area contributed by atoms with Gasteiger partial charge in [-0.2, -0.15) is 5.26 Å². The highest BCUT2D eigenvalue weighted by Gasteiger charge is 2.13. The minimum Gasteiger partial charge on any atom is -0.478 e. The number of nitriles is 1. The van der Waals surface area contributed by atoms with Gasteiger partial charge in [0.25, 0.3) is 0 Å². The number of hydrogen-bond donors (Lipinski definition) is 2. The molecule has 0 unspecified atom stereocenters. The van der Waals surface area contributed by atoms with E-state index in [0.717, 1.165) is 0 Å². The lowest BCUT2D eigenvalue weighted by Gasteiger charge is -2.21. The van der Waals surface area contributed by atoms with Crippen molar-refractivity contribution >= 4 is 17.7 Å². The van der Waals surface area contributed by atoms with Crippen LogP contribution in [0.1, 0.15) is 16.8 Å². The molecular weight excluding hydrogens is 274 g/mol. The van der Waals surface area contributed by atoms with Gasteiger partial charge >= 0.3 is 12.0 Å². The molecule has 0 aliphatic rings. The van der Waals surface area contributed by atoms with Crippen molar-refractivity contribution in [2.75, 3.05) is 32.1 Å². The number of ether oxygens (including phenoxy) is 1. The molecule has 0 saturated heterocycles. The molecule has 0 aromatic heterocycles. The number of carbonyl (C=O) groups excluding carboxylic acids is 1. The molecule has 1 aromatic rings. The first-order valence-electron chi connectivity index (χ1n) is 6.33. The third-order valence-corrected chi connectivity index (χ3v) is 2.71. The van der Waals surface area contributed by atoms with E-state index in [1.54, 1.807) is 12.1 Å². The highest BCUT2D eigenvalue weighted by atomic mass is 16.5. The Kier molecular flexibility index (Phi) is 6.71. The molecule has 112 valence electrons. The van der Waals surface area contributed by atoms with Crippen molar-refractivity contribution in [2.45, 2.75) is 6.42 Å². The molecule has 0 atom stereocenters. The Morgan fingerprint density at radius 1 is 1.43 bits per heavy atom. The summed E-state index contributed by atoms with van der Waals surface area (Å²) in [6, 6.07) is 7.54. The second-order valence-corrected chi connectivity index (χ2v) is 4.20. The van der Waals surface area contributed by atoms with Crippen LogP contribution in [0.15, 0.2) is 24.3 Å². The van der Waals surface area contributed by atoms with E-state index < -0.39 is 12.0 Å². The molecule has 7 nitrogen and oxygen atoms in total. The van der Waals surface area contributed by atoms with Gasteiger partial charge in [0.2, 0.25) is 0 Å². The van der Waals surface area contributed by atoms with E-state index in [-0.39, 0.29) is 18.5 Å².